The highest BCUT2D eigenvalue weighted by Gasteiger charge is 3.01. The van der Waals surface area contributed by atoms with Crippen LogP contribution in [0.5, 0.6) is 0 Å². The van der Waals surface area contributed by atoms with Crippen LogP contribution in [0.25, 0.3) is 0 Å². The summed E-state index contributed by atoms with van der Waals surface area (Å²) >= 11 is 0. The molecule has 39 heteroatoms. The summed E-state index contributed by atoms with van der Waals surface area (Å²) in [7, 11) is -6.00. The summed E-state index contributed by atoms with van der Waals surface area (Å²) in [4.78, 5) is 16.4. The van der Waals surface area contributed by atoms with Crippen LogP contribution in [-0.2, 0) is 9.09 Å². The normalized spacial score (nSPS) is 17.5. The van der Waals surface area contributed by atoms with Crippen molar-refractivity contribution in [1.29, 1.82) is 0 Å². The number of phosphoric ester groups is 1. The van der Waals surface area contributed by atoms with Gasteiger partial charge < -0.3 is 14.9 Å². The lowest BCUT2D eigenvalue weighted by molar-refractivity contribution is -0.491. The fourth-order valence-corrected chi connectivity index (χ4v) is 3.81. The van der Waals surface area contributed by atoms with Crippen LogP contribution in [0.2, 0.25) is 0 Å². The van der Waals surface area contributed by atoms with Gasteiger partial charge in [-0.05, 0) is 0 Å². The molecule has 0 spiro atoms. The number of hydrogen-bond donors (Lipinski definition) is 3. The Labute approximate surface area is 292 Å². The van der Waals surface area contributed by atoms with Crippen molar-refractivity contribution in [2.45, 2.75) is 108 Å². The lowest BCUT2D eigenvalue weighted by Crippen LogP contribution is -2.80. The van der Waals surface area contributed by atoms with Gasteiger partial charge in [0.05, 0.1) is 12.7 Å². The van der Waals surface area contributed by atoms with E-state index in [9.17, 15) is 149 Å². The number of rotatable bonds is 19. The van der Waals surface area contributed by atoms with Gasteiger partial charge in [-0.15, -0.1) is 0 Å². The predicted molar refractivity (Wildman–Crippen MR) is 109 cm³/mol. The molecule has 0 saturated carbocycles. The van der Waals surface area contributed by atoms with E-state index in [4.69, 9.17) is 14.9 Å². The number of hydrogen-bond acceptors (Lipinski definition) is 3. The highest BCUT2D eigenvalue weighted by Crippen LogP contribution is 2.70. The summed E-state index contributed by atoms with van der Waals surface area (Å²) in [5.74, 6) is -145. The molecule has 0 fully saturated rings. The van der Waals surface area contributed by atoms with Gasteiger partial charge >= 0.3 is 103 Å². The van der Waals surface area contributed by atoms with Gasteiger partial charge in [0.15, 0.2) is 0 Å². The monoisotopic (exact) mass is 974 g/mol. The average Bonchev–Trinajstić information content (AvgIpc) is 2.97. The van der Waals surface area contributed by atoms with Crippen molar-refractivity contribution in [3.63, 3.8) is 0 Å². The quantitative estimate of drug-likeness (QED) is 0.0887. The molecule has 0 aliphatic rings. The standard InChI is InChI=1S/C19H8F33O5P/c20-4(21,1-3(53)2-57-58(54,55)56)5(22,23)6(24,25)7(26,27)8(28,29)9(30,31)10(32,33)11(34,35)12(36,37)13(38,39)14(40,41)15(42,43)16(44,45)17(46,47)18(48,49)19(50,51)52/h3,53H,1-2H2,(H2,54,55,56). The molecule has 1 atom stereocenters. The summed E-state index contributed by atoms with van der Waals surface area (Å²) in [5, 5.41) is 8.91. The SMILES string of the molecule is O=P(O)(O)OCC(O)CC(F)(F)C(F)(F)C(F)(F)C(F)(F)C(F)(F)C(F)(F)C(F)(F)C(F)(F)C(F)(F)C(F)(F)C(F)(F)C(F)(F)C(F)(F)C(F)(F)C(F)(F)C(F)(F)F. The van der Waals surface area contributed by atoms with Gasteiger partial charge in [-0.1, -0.05) is 0 Å². The first kappa shape index (κ1) is 55.8. The number of aliphatic hydroxyl groups is 1. The third-order valence-electron chi connectivity index (χ3n) is 6.87. The van der Waals surface area contributed by atoms with E-state index in [2.05, 4.69) is 4.52 Å². The van der Waals surface area contributed by atoms with Gasteiger partial charge in [0.25, 0.3) is 0 Å². The maximum atomic E-state index is 14.0. The van der Waals surface area contributed by atoms with E-state index >= 15 is 0 Å². The van der Waals surface area contributed by atoms with Crippen molar-refractivity contribution < 1.29 is 169 Å². The molecule has 350 valence electrons. The molecule has 0 radical (unpaired) electrons. The Hall–Kier alpha value is -2.24. The first-order chi connectivity index (χ1) is 24.4. The fourth-order valence-electron chi connectivity index (χ4n) is 3.44. The first-order valence-electron chi connectivity index (χ1n) is 12.5. The molecule has 0 aromatic heterocycles. The number of halogens is 33. The molecule has 1 unspecified atom stereocenters. The Bertz CT molecular complexity index is 1520. The van der Waals surface area contributed by atoms with E-state index in [-0.39, 0.29) is 0 Å². The minimum absolute atomic E-state index is 2.49. The Kier molecular flexibility index (Phi) is 13.6. The molecule has 0 rings (SSSR count). The van der Waals surface area contributed by atoms with Crippen LogP contribution in [0.3, 0.4) is 0 Å². The van der Waals surface area contributed by atoms with E-state index in [0.29, 0.717) is 0 Å². The Morgan fingerprint density at radius 1 is 0.345 bits per heavy atom. The van der Waals surface area contributed by atoms with Crippen molar-refractivity contribution in [2.24, 2.45) is 0 Å². The smallest absolute Gasteiger partial charge is 0.390 e. The predicted octanol–water partition coefficient (Wildman–Crippen LogP) is 9.94. The summed E-state index contributed by atoms with van der Waals surface area (Å²) in [6.45, 7) is -2.49. The van der Waals surface area contributed by atoms with Crippen LogP contribution < -0.4 is 0 Å². The molecular weight excluding hydrogens is 966 g/mol. The van der Waals surface area contributed by atoms with E-state index in [1.807, 2.05) is 0 Å². The second kappa shape index (κ2) is 14.1. The van der Waals surface area contributed by atoms with E-state index < -0.39 is 122 Å². The summed E-state index contributed by atoms with van der Waals surface area (Å²) in [6, 6.07) is 0. The maximum absolute atomic E-state index is 14.0. The van der Waals surface area contributed by atoms with Crippen molar-refractivity contribution in [2.75, 3.05) is 6.61 Å². The molecule has 0 heterocycles. The molecule has 0 aromatic rings. The van der Waals surface area contributed by atoms with Crippen LogP contribution in [0.4, 0.5) is 145 Å². The molecule has 0 aromatic carbocycles. The van der Waals surface area contributed by atoms with Gasteiger partial charge in [-0.25, -0.2) is 4.57 Å². The number of aliphatic hydroxyl groups excluding tert-OH is 1. The number of phosphoric acid groups is 1. The lowest BCUT2D eigenvalue weighted by atomic mass is 9.82. The van der Waals surface area contributed by atoms with E-state index in [1.165, 1.54) is 0 Å². The third kappa shape index (κ3) is 7.24. The molecule has 0 saturated heterocycles. The zero-order valence-corrected chi connectivity index (χ0v) is 26.0. The van der Waals surface area contributed by atoms with Crippen molar-refractivity contribution in [1.82, 2.24) is 0 Å². The first-order valence-corrected chi connectivity index (χ1v) is 14.0. The third-order valence-corrected chi connectivity index (χ3v) is 7.35. The Morgan fingerprint density at radius 3 is 0.690 bits per heavy atom. The van der Waals surface area contributed by atoms with Crippen molar-refractivity contribution in [3.8, 4) is 0 Å². The highest BCUT2D eigenvalue weighted by molar-refractivity contribution is 7.46. The van der Waals surface area contributed by atoms with E-state index in [1.54, 1.807) is 0 Å². The second-order valence-electron chi connectivity index (χ2n) is 10.9. The Balaban J connectivity index is 7.59. The molecule has 3 N–H and O–H groups in total. The van der Waals surface area contributed by atoms with Crippen LogP contribution in [0.15, 0.2) is 0 Å². The summed E-state index contributed by atoms with van der Waals surface area (Å²) in [5.41, 5.74) is 0. The van der Waals surface area contributed by atoms with Gasteiger partial charge in [0, 0.05) is 6.42 Å². The summed E-state index contributed by atoms with van der Waals surface area (Å²) in [6.07, 6.45) is -16.0. The molecule has 5 nitrogen and oxygen atoms in total. The molecule has 0 aliphatic heterocycles. The van der Waals surface area contributed by atoms with Crippen molar-refractivity contribution in [3.05, 3.63) is 0 Å². The maximum Gasteiger partial charge on any atom is 0.469 e. The molecule has 0 bridgehead atoms. The molecular formula is C19H8F33O5P. The minimum atomic E-state index is -10.3. The highest BCUT2D eigenvalue weighted by atomic mass is 31.2. The van der Waals surface area contributed by atoms with Crippen LogP contribution >= 0.6 is 7.82 Å². The molecule has 0 amide bonds. The topological polar surface area (TPSA) is 87.0 Å². The zero-order valence-electron chi connectivity index (χ0n) is 25.1. The molecule has 58 heavy (non-hydrogen) atoms. The largest absolute Gasteiger partial charge is 0.469 e. The van der Waals surface area contributed by atoms with Crippen LogP contribution in [-0.4, -0.2) is 123 Å². The van der Waals surface area contributed by atoms with Gasteiger partial charge in [0.2, 0.25) is 0 Å². The van der Waals surface area contributed by atoms with E-state index in [0.717, 1.165) is 0 Å². The van der Waals surface area contributed by atoms with Gasteiger partial charge in [-0.2, -0.15) is 145 Å². The average molecular weight is 974 g/mol. The molecule has 0 aliphatic carbocycles. The van der Waals surface area contributed by atoms with Gasteiger partial charge in [0.1, 0.15) is 0 Å². The lowest BCUT2D eigenvalue weighted by Gasteiger charge is -2.47. The van der Waals surface area contributed by atoms with Crippen LogP contribution in [0.1, 0.15) is 6.42 Å². The fraction of sp³-hybridized carbons (Fsp3) is 1.00. The van der Waals surface area contributed by atoms with Crippen molar-refractivity contribution >= 4 is 7.82 Å². The minimum Gasteiger partial charge on any atom is -0.390 e. The second-order valence-corrected chi connectivity index (χ2v) is 12.1. The van der Waals surface area contributed by atoms with Crippen LogP contribution in [0, 0.1) is 0 Å². The van der Waals surface area contributed by atoms with Gasteiger partial charge in [-0.3, -0.25) is 4.52 Å². The number of alkyl halides is 33. The Morgan fingerprint density at radius 2 is 0.517 bits per heavy atom. The summed E-state index contributed by atoms with van der Waals surface area (Å²) < 4.78 is 461. The zero-order chi connectivity index (χ0) is 48.2.